The Hall–Kier alpha value is -0.590. The van der Waals surface area contributed by atoms with Crippen LogP contribution < -0.4 is 5.32 Å². The van der Waals surface area contributed by atoms with E-state index in [9.17, 15) is 0 Å². The van der Waals surface area contributed by atoms with Gasteiger partial charge in [-0.25, -0.2) is 0 Å². The van der Waals surface area contributed by atoms with Crippen LogP contribution in [0.5, 0.6) is 0 Å². The molecule has 1 N–H and O–H groups in total. The van der Waals surface area contributed by atoms with Gasteiger partial charge < -0.3 is 10.2 Å². The molecule has 0 bridgehead atoms. The monoisotopic (exact) mass is 223 g/mol. The maximum atomic E-state index is 9.06. The minimum atomic E-state index is -0.358. The summed E-state index contributed by atoms with van der Waals surface area (Å²) < 4.78 is 0. The summed E-state index contributed by atoms with van der Waals surface area (Å²) in [5.74, 6) is 0.896. The zero-order valence-corrected chi connectivity index (χ0v) is 10.9. The first-order chi connectivity index (χ1) is 7.63. The molecule has 16 heavy (non-hydrogen) atoms. The molecular formula is C13H25N3. The van der Waals surface area contributed by atoms with E-state index in [0.717, 1.165) is 18.9 Å². The van der Waals surface area contributed by atoms with Gasteiger partial charge in [0.15, 0.2) is 0 Å². The SMILES string of the molecule is CCCC1CCN(CCC(C)(C#N)NC)C1. The van der Waals surface area contributed by atoms with Crippen molar-refractivity contribution in [2.24, 2.45) is 5.92 Å². The zero-order valence-electron chi connectivity index (χ0n) is 10.9. The summed E-state index contributed by atoms with van der Waals surface area (Å²) in [6.45, 7) is 7.74. The van der Waals surface area contributed by atoms with Crippen LogP contribution in [0.4, 0.5) is 0 Å². The first-order valence-electron chi connectivity index (χ1n) is 6.46. The lowest BCUT2D eigenvalue weighted by molar-refractivity contribution is 0.284. The molecule has 1 aliphatic rings. The molecule has 0 aromatic carbocycles. The van der Waals surface area contributed by atoms with E-state index in [2.05, 4.69) is 23.2 Å². The summed E-state index contributed by atoms with van der Waals surface area (Å²) in [6.07, 6.45) is 4.92. The maximum Gasteiger partial charge on any atom is 0.104 e. The van der Waals surface area contributed by atoms with Crippen molar-refractivity contribution in [2.75, 3.05) is 26.7 Å². The molecular weight excluding hydrogens is 198 g/mol. The number of hydrogen-bond acceptors (Lipinski definition) is 3. The Morgan fingerprint density at radius 1 is 1.56 bits per heavy atom. The molecule has 1 saturated heterocycles. The van der Waals surface area contributed by atoms with E-state index in [1.807, 2.05) is 14.0 Å². The van der Waals surface area contributed by atoms with Crippen LogP contribution in [0.15, 0.2) is 0 Å². The van der Waals surface area contributed by atoms with Crippen LogP contribution in [0.1, 0.15) is 39.5 Å². The van der Waals surface area contributed by atoms with Crippen LogP contribution in [0.3, 0.4) is 0 Å². The van der Waals surface area contributed by atoms with Crippen LogP contribution in [0.25, 0.3) is 0 Å². The third-order valence-electron chi connectivity index (χ3n) is 3.79. The van der Waals surface area contributed by atoms with Crippen molar-refractivity contribution < 1.29 is 0 Å². The molecule has 0 spiro atoms. The van der Waals surface area contributed by atoms with Gasteiger partial charge in [-0.05, 0) is 45.7 Å². The van der Waals surface area contributed by atoms with Crippen molar-refractivity contribution >= 4 is 0 Å². The molecule has 3 nitrogen and oxygen atoms in total. The molecule has 0 aromatic rings. The van der Waals surface area contributed by atoms with Crippen LogP contribution >= 0.6 is 0 Å². The summed E-state index contributed by atoms with van der Waals surface area (Å²) >= 11 is 0. The van der Waals surface area contributed by atoms with Gasteiger partial charge in [-0.2, -0.15) is 5.26 Å². The van der Waals surface area contributed by atoms with Crippen LogP contribution in [0, 0.1) is 17.2 Å². The molecule has 3 heteroatoms. The fourth-order valence-electron chi connectivity index (χ4n) is 2.38. The van der Waals surface area contributed by atoms with Gasteiger partial charge in [0.25, 0.3) is 0 Å². The molecule has 1 heterocycles. The number of nitrogens with zero attached hydrogens (tertiary/aromatic N) is 2. The maximum absolute atomic E-state index is 9.06. The van der Waals surface area contributed by atoms with Gasteiger partial charge >= 0.3 is 0 Å². The summed E-state index contributed by atoms with van der Waals surface area (Å²) in [6, 6.07) is 2.35. The van der Waals surface area contributed by atoms with Crippen molar-refractivity contribution in [2.45, 2.75) is 45.1 Å². The molecule has 92 valence electrons. The third-order valence-corrected chi connectivity index (χ3v) is 3.79. The van der Waals surface area contributed by atoms with Crippen molar-refractivity contribution in [3.63, 3.8) is 0 Å². The molecule has 2 unspecified atom stereocenters. The minimum Gasteiger partial charge on any atom is -0.303 e. The predicted octanol–water partition coefficient (Wildman–Crippen LogP) is 2.00. The van der Waals surface area contributed by atoms with Gasteiger partial charge in [-0.3, -0.25) is 0 Å². The molecule has 0 radical (unpaired) electrons. The highest BCUT2D eigenvalue weighted by Gasteiger charge is 2.26. The van der Waals surface area contributed by atoms with Crippen molar-refractivity contribution in [1.82, 2.24) is 10.2 Å². The lowest BCUT2D eigenvalue weighted by atomic mass is 10.00. The van der Waals surface area contributed by atoms with Crippen molar-refractivity contribution in [1.29, 1.82) is 5.26 Å². The fourth-order valence-corrected chi connectivity index (χ4v) is 2.38. The lowest BCUT2D eigenvalue weighted by Gasteiger charge is -2.24. The van der Waals surface area contributed by atoms with Gasteiger partial charge in [-0.15, -0.1) is 0 Å². The van der Waals surface area contributed by atoms with E-state index in [-0.39, 0.29) is 5.54 Å². The molecule has 1 fully saturated rings. The van der Waals surface area contributed by atoms with Gasteiger partial charge in [-0.1, -0.05) is 13.3 Å². The molecule has 1 aliphatic heterocycles. The van der Waals surface area contributed by atoms with Crippen LogP contribution in [-0.2, 0) is 0 Å². The molecule has 2 atom stereocenters. The second-order valence-corrected chi connectivity index (χ2v) is 5.19. The number of nitriles is 1. The van der Waals surface area contributed by atoms with Gasteiger partial charge in [0.05, 0.1) is 6.07 Å². The van der Waals surface area contributed by atoms with E-state index in [1.54, 1.807) is 0 Å². The van der Waals surface area contributed by atoms with E-state index in [1.165, 1.54) is 32.4 Å². The zero-order chi connectivity index (χ0) is 12.0. The number of nitrogens with one attached hydrogen (secondary N) is 1. The topological polar surface area (TPSA) is 39.1 Å². The molecule has 1 rings (SSSR count). The van der Waals surface area contributed by atoms with Crippen molar-refractivity contribution in [3.8, 4) is 6.07 Å². The average Bonchev–Trinajstić information content (AvgIpc) is 2.74. The smallest absolute Gasteiger partial charge is 0.104 e. The summed E-state index contributed by atoms with van der Waals surface area (Å²) in [5, 5.41) is 12.2. The second-order valence-electron chi connectivity index (χ2n) is 5.19. The highest BCUT2D eigenvalue weighted by molar-refractivity contribution is 5.03. The molecule has 0 aliphatic carbocycles. The Morgan fingerprint density at radius 3 is 2.88 bits per heavy atom. The summed E-state index contributed by atoms with van der Waals surface area (Å²) in [4.78, 5) is 2.51. The predicted molar refractivity (Wildman–Crippen MR) is 67.1 cm³/mol. The average molecular weight is 223 g/mol. The van der Waals surface area contributed by atoms with E-state index in [4.69, 9.17) is 5.26 Å². The molecule has 0 saturated carbocycles. The van der Waals surface area contributed by atoms with Crippen LogP contribution in [-0.4, -0.2) is 37.1 Å². The van der Waals surface area contributed by atoms with Gasteiger partial charge in [0.2, 0.25) is 0 Å². The first-order valence-corrected chi connectivity index (χ1v) is 6.46. The quantitative estimate of drug-likeness (QED) is 0.748. The molecule has 0 amide bonds. The highest BCUT2D eigenvalue weighted by atomic mass is 15.1. The Balaban J connectivity index is 2.27. The Kier molecular flexibility index (Phi) is 5.24. The largest absolute Gasteiger partial charge is 0.303 e. The Bertz CT molecular complexity index is 246. The van der Waals surface area contributed by atoms with Crippen LogP contribution in [0.2, 0.25) is 0 Å². The molecule has 0 aromatic heterocycles. The van der Waals surface area contributed by atoms with E-state index >= 15 is 0 Å². The Labute approximate surface area is 99.8 Å². The lowest BCUT2D eigenvalue weighted by Crippen LogP contribution is -2.41. The first kappa shape index (κ1) is 13.5. The van der Waals surface area contributed by atoms with E-state index in [0.29, 0.717) is 0 Å². The number of likely N-dealkylation sites (tertiary alicyclic amines) is 1. The summed E-state index contributed by atoms with van der Waals surface area (Å²) in [5.41, 5.74) is -0.358. The minimum absolute atomic E-state index is 0.358. The third kappa shape index (κ3) is 3.77. The second kappa shape index (κ2) is 6.22. The standard InChI is InChI=1S/C13H25N3/c1-4-5-12-6-8-16(10-12)9-7-13(2,11-14)15-3/h12,15H,4-10H2,1-3H3. The number of hydrogen-bond donors (Lipinski definition) is 1. The van der Waals surface area contributed by atoms with Gasteiger partial charge in [0.1, 0.15) is 5.54 Å². The normalized spacial score (nSPS) is 25.2. The summed E-state index contributed by atoms with van der Waals surface area (Å²) in [7, 11) is 1.87. The Morgan fingerprint density at radius 2 is 2.31 bits per heavy atom. The fraction of sp³-hybridized carbons (Fsp3) is 0.923. The van der Waals surface area contributed by atoms with Gasteiger partial charge in [0, 0.05) is 13.1 Å². The number of rotatable bonds is 6. The van der Waals surface area contributed by atoms with E-state index < -0.39 is 0 Å². The highest BCUT2D eigenvalue weighted by Crippen LogP contribution is 2.21. The van der Waals surface area contributed by atoms with Crippen molar-refractivity contribution in [3.05, 3.63) is 0 Å².